The van der Waals surface area contributed by atoms with Crippen molar-refractivity contribution in [3.63, 3.8) is 0 Å². The third kappa shape index (κ3) is 3.41. The maximum Gasteiger partial charge on any atom is 0.247 e. The number of allylic oxidation sites excluding steroid dienone is 1. The van der Waals surface area contributed by atoms with Crippen molar-refractivity contribution in [2.45, 2.75) is 75.3 Å². The van der Waals surface area contributed by atoms with Crippen LogP contribution >= 0.6 is 0 Å². The molecule has 0 unspecified atom stereocenters. The van der Waals surface area contributed by atoms with E-state index in [9.17, 15) is 14.7 Å². The van der Waals surface area contributed by atoms with E-state index in [0.29, 0.717) is 12.0 Å². The van der Waals surface area contributed by atoms with E-state index in [1.165, 1.54) is 0 Å². The fourth-order valence-corrected chi connectivity index (χ4v) is 6.75. The van der Waals surface area contributed by atoms with E-state index in [-0.39, 0.29) is 23.7 Å². The van der Waals surface area contributed by atoms with Crippen molar-refractivity contribution < 1.29 is 14.7 Å². The molecule has 2 saturated heterocycles. The van der Waals surface area contributed by atoms with Crippen LogP contribution in [0.1, 0.15) is 50.9 Å². The highest BCUT2D eigenvalue weighted by atomic mass is 16.3. The van der Waals surface area contributed by atoms with E-state index < -0.39 is 29.4 Å². The molecule has 3 aromatic rings. The molecule has 0 saturated carbocycles. The van der Waals surface area contributed by atoms with Gasteiger partial charge >= 0.3 is 0 Å². The Bertz CT molecular complexity index is 1580. The Hall–Kier alpha value is -4.02. The molecular formula is C32H34N4O3. The zero-order chi connectivity index (χ0) is 27.9. The summed E-state index contributed by atoms with van der Waals surface area (Å²) in [5.41, 5.74) is 1.75. The van der Waals surface area contributed by atoms with Crippen molar-refractivity contribution in [1.29, 1.82) is 0 Å². The smallest absolute Gasteiger partial charge is 0.247 e. The van der Waals surface area contributed by atoms with Crippen LogP contribution in [0.2, 0.25) is 0 Å². The van der Waals surface area contributed by atoms with Gasteiger partial charge in [0, 0.05) is 46.1 Å². The third-order valence-electron chi connectivity index (χ3n) is 8.91. The molecule has 1 aromatic heterocycles. The number of hydrogen-bond donors (Lipinski definition) is 3. The van der Waals surface area contributed by atoms with Crippen LogP contribution in [0.4, 0.5) is 5.69 Å². The lowest BCUT2D eigenvalue weighted by atomic mass is 9.84. The number of hydrogen-bond acceptors (Lipinski definition) is 4. The van der Waals surface area contributed by atoms with Crippen molar-refractivity contribution in [2.75, 3.05) is 4.90 Å². The van der Waals surface area contributed by atoms with E-state index in [1.54, 1.807) is 4.90 Å². The van der Waals surface area contributed by atoms with Gasteiger partial charge in [-0.3, -0.25) is 9.59 Å². The molecule has 3 aliphatic rings. The first-order chi connectivity index (χ1) is 18.4. The van der Waals surface area contributed by atoms with E-state index >= 15 is 0 Å². The van der Waals surface area contributed by atoms with Crippen LogP contribution in [-0.4, -0.2) is 50.6 Å². The van der Waals surface area contributed by atoms with Gasteiger partial charge in [0.15, 0.2) is 0 Å². The number of fused-ring (bicyclic) bond motifs is 6. The largest absolute Gasteiger partial charge is 0.381 e. The number of nitrogens with one attached hydrogen (secondary N) is 2. The van der Waals surface area contributed by atoms with Gasteiger partial charge in [0.2, 0.25) is 11.8 Å². The lowest BCUT2D eigenvalue weighted by Gasteiger charge is -2.46. The van der Waals surface area contributed by atoms with Gasteiger partial charge in [-0.25, -0.2) is 0 Å². The Morgan fingerprint density at radius 1 is 1.15 bits per heavy atom. The average Bonchev–Trinajstić information content (AvgIpc) is 3.52. The number of terminal acetylenes is 1. The van der Waals surface area contributed by atoms with Crippen molar-refractivity contribution in [1.82, 2.24) is 15.2 Å². The second kappa shape index (κ2) is 8.24. The number of nitrogens with zero attached hydrogens (tertiary/aromatic N) is 2. The number of benzene rings is 2. The molecule has 39 heavy (non-hydrogen) atoms. The van der Waals surface area contributed by atoms with E-state index in [2.05, 4.69) is 36.6 Å². The van der Waals surface area contributed by atoms with Crippen molar-refractivity contribution >= 4 is 28.4 Å². The van der Waals surface area contributed by atoms with Crippen LogP contribution in [0.15, 0.2) is 61.2 Å². The molecule has 3 N–H and O–H groups in total. The molecule has 4 heterocycles. The second-order valence-electron chi connectivity index (χ2n) is 12.1. The molecule has 7 nitrogen and oxygen atoms in total. The number of anilines is 1. The molecule has 3 aliphatic heterocycles. The lowest BCUT2D eigenvalue weighted by molar-refractivity contribution is -0.150. The van der Waals surface area contributed by atoms with Gasteiger partial charge in [-0.05, 0) is 31.5 Å². The number of rotatable bonds is 5. The number of carbonyl (C=O) groups is 2. The van der Waals surface area contributed by atoms with Crippen LogP contribution in [0.5, 0.6) is 0 Å². The Morgan fingerprint density at radius 2 is 1.85 bits per heavy atom. The zero-order valence-corrected chi connectivity index (χ0v) is 22.8. The average molecular weight is 523 g/mol. The minimum absolute atomic E-state index is 0.109. The number of H-pyrrole nitrogens is 1. The fraction of sp³-hybridized carbons (Fsp3) is 0.375. The molecule has 0 bridgehead atoms. The summed E-state index contributed by atoms with van der Waals surface area (Å²) in [7, 11) is 0. The van der Waals surface area contributed by atoms with Crippen molar-refractivity contribution in [2.24, 2.45) is 0 Å². The fourth-order valence-electron chi connectivity index (χ4n) is 6.75. The van der Waals surface area contributed by atoms with E-state index in [0.717, 1.165) is 27.8 Å². The minimum Gasteiger partial charge on any atom is -0.381 e. The van der Waals surface area contributed by atoms with Gasteiger partial charge in [-0.2, -0.15) is 0 Å². The van der Waals surface area contributed by atoms with Gasteiger partial charge in [0.05, 0.1) is 5.54 Å². The summed E-state index contributed by atoms with van der Waals surface area (Å²) in [5, 5.41) is 16.1. The molecule has 2 fully saturated rings. The number of carbonyl (C=O) groups excluding carboxylic acids is 2. The molecule has 0 radical (unpaired) electrons. The Kier molecular flexibility index (Phi) is 5.34. The Morgan fingerprint density at radius 3 is 2.56 bits per heavy atom. The second-order valence-corrected chi connectivity index (χ2v) is 12.1. The number of aromatic nitrogens is 1. The number of piperazine rings is 1. The molecule has 6 rings (SSSR count). The molecular weight excluding hydrogens is 488 g/mol. The SMILES string of the molecule is C#CC(C)(C)N1c2ccccc2[C@@]2(O)C[C@H]3C(=O)N[C@@H](Cc4c(C(C)(C)C=C)[nH]c5ccccc45)C(=O)N3[C@@H]12. The summed E-state index contributed by atoms with van der Waals surface area (Å²) in [4.78, 5) is 35.0. The molecule has 2 aromatic carbocycles. The molecule has 4 atom stereocenters. The van der Waals surface area contributed by atoms with Gasteiger partial charge in [-0.1, -0.05) is 62.2 Å². The summed E-state index contributed by atoms with van der Waals surface area (Å²) in [5.74, 6) is 2.35. The predicted octanol–water partition coefficient (Wildman–Crippen LogP) is 3.72. The number of aliphatic hydroxyl groups is 1. The highest BCUT2D eigenvalue weighted by Gasteiger charge is 2.66. The van der Waals surface area contributed by atoms with Crippen LogP contribution < -0.4 is 10.2 Å². The minimum atomic E-state index is -1.42. The van der Waals surface area contributed by atoms with Crippen LogP contribution in [0.25, 0.3) is 10.9 Å². The monoisotopic (exact) mass is 522 g/mol. The highest BCUT2D eigenvalue weighted by molar-refractivity contribution is 5.99. The van der Waals surface area contributed by atoms with Gasteiger partial charge < -0.3 is 25.2 Å². The molecule has 200 valence electrons. The lowest BCUT2D eigenvalue weighted by Crippen LogP contribution is -2.67. The quantitative estimate of drug-likeness (QED) is 0.352. The third-order valence-corrected chi connectivity index (χ3v) is 8.91. The predicted molar refractivity (Wildman–Crippen MR) is 152 cm³/mol. The highest BCUT2D eigenvalue weighted by Crippen LogP contribution is 2.55. The first-order valence-electron chi connectivity index (χ1n) is 13.4. The molecule has 2 amide bonds. The topological polar surface area (TPSA) is 88.7 Å². The van der Waals surface area contributed by atoms with Crippen molar-refractivity contribution in [3.8, 4) is 12.3 Å². The molecule has 0 aliphatic carbocycles. The normalized spacial score (nSPS) is 26.2. The standard InChI is InChI=1S/C32H34N4O3/c1-7-30(3,4)26-20(19-13-9-11-15-22(19)33-26)17-23-28(38)35-25(27(37)34-23)18-32(39)21-14-10-12-16-24(21)36(29(32)35)31(5,6)8-2/h2,7,9-16,23,25,29,33,39H,1,17-18H2,3-6H3,(H,34,37)/t23-,25-,29-,32-/m0/s1. The summed E-state index contributed by atoms with van der Waals surface area (Å²) in [6.45, 7) is 12.0. The Labute approximate surface area is 228 Å². The molecule has 7 heteroatoms. The number of aromatic amines is 1. The zero-order valence-electron chi connectivity index (χ0n) is 22.8. The van der Waals surface area contributed by atoms with Crippen LogP contribution in [0, 0.1) is 12.3 Å². The number of para-hydroxylation sites is 2. The van der Waals surface area contributed by atoms with Gasteiger partial charge in [0.25, 0.3) is 0 Å². The van der Waals surface area contributed by atoms with Gasteiger partial charge in [-0.15, -0.1) is 13.0 Å². The Balaban J connectivity index is 1.44. The summed E-state index contributed by atoms with van der Waals surface area (Å²) >= 11 is 0. The first-order valence-corrected chi connectivity index (χ1v) is 13.4. The number of amides is 2. The summed E-state index contributed by atoms with van der Waals surface area (Å²) < 4.78 is 0. The van der Waals surface area contributed by atoms with E-state index in [1.807, 2.05) is 73.4 Å². The van der Waals surface area contributed by atoms with Crippen LogP contribution in [0.3, 0.4) is 0 Å². The van der Waals surface area contributed by atoms with Gasteiger partial charge in [0.1, 0.15) is 23.9 Å². The summed E-state index contributed by atoms with van der Waals surface area (Å²) in [6.07, 6.45) is 7.48. The summed E-state index contributed by atoms with van der Waals surface area (Å²) in [6, 6.07) is 13.9. The molecule has 0 spiro atoms. The first kappa shape index (κ1) is 25.3. The maximum atomic E-state index is 14.3. The van der Waals surface area contributed by atoms with E-state index in [4.69, 9.17) is 6.42 Å². The van der Waals surface area contributed by atoms with Crippen LogP contribution in [-0.2, 0) is 27.0 Å². The maximum absolute atomic E-state index is 14.3. The van der Waals surface area contributed by atoms with Crippen molar-refractivity contribution in [3.05, 3.63) is 78.0 Å².